The van der Waals surface area contributed by atoms with Crippen LogP contribution in [0.1, 0.15) is 19.4 Å². The zero-order valence-electron chi connectivity index (χ0n) is 8.90. The van der Waals surface area contributed by atoms with Gasteiger partial charge in [0.1, 0.15) is 0 Å². The van der Waals surface area contributed by atoms with Crippen LogP contribution < -0.4 is 5.32 Å². The minimum atomic E-state index is 0.139. The van der Waals surface area contributed by atoms with Crippen LogP contribution in [0.5, 0.6) is 0 Å². The molecule has 1 aromatic rings. The lowest BCUT2D eigenvalue weighted by Gasteiger charge is -2.04. The maximum absolute atomic E-state index is 8.70. The van der Waals surface area contributed by atoms with Crippen LogP contribution >= 0.6 is 0 Å². The van der Waals surface area contributed by atoms with E-state index in [-0.39, 0.29) is 6.61 Å². The Labute approximate surface area is 84.9 Å². The summed E-state index contributed by atoms with van der Waals surface area (Å²) in [5.74, 6) is 0.669. The molecular formula is C10H19N3O. The van der Waals surface area contributed by atoms with E-state index in [1.807, 2.05) is 12.4 Å². The van der Waals surface area contributed by atoms with Gasteiger partial charge >= 0.3 is 0 Å². The average Bonchev–Trinajstić information content (AvgIpc) is 2.53. The summed E-state index contributed by atoms with van der Waals surface area (Å²) in [6.45, 7) is 6.95. The second kappa shape index (κ2) is 5.78. The summed E-state index contributed by atoms with van der Waals surface area (Å²) in [5.41, 5.74) is 1.17. The van der Waals surface area contributed by atoms with Crippen LogP contribution in [0.25, 0.3) is 0 Å². The van der Waals surface area contributed by atoms with Gasteiger partial charge in [-0.05, 0) is 12.5 Å². The van der Waals surface area contributed by atoms with Gasteiger partial charge in [-0.1, -0.05) is 13.8 Å². The number of hydrogen-bond acceptors (Lipinski definition) is 3. The van der Waals surface area contributed by atoms with Crippen molar-refractivity contribution in [2.24, 2.45) is 5.92 Å². The van der Waals surface area contributed by atoms with Gasteiger partial charge in [-0.3, -0.25) is 4.68 Å². The van der Waals surface area contributed by atoms with Crippen molar-refractivity contribution in [3.05, 3.63) is 18.0 Å². The molecule has 0 radical (unpaired) electrons. The van der Waals surface area contributed by atoms with Crippen LogP contribution in [0.2, 0.25) is 0 Å². The van der Waals surface area contributed by atoms with E-state index in [0.29, 0.717) is 12.5 Å². The Morgan fingerprint density at radius 3 is 3.00 bits per heavy atom. The summed E-state index contributed by atoms with van der Waals surface area (Å²) in [6.07, 6.45) is 3.80. The van der Waals surface area contributed by atoms with Gasteiger partial charge in [0.05, 0.1) is 19.3 Å². The van der Waals surface area contributed by atoms with Crippen LogP contribution in [-0.4, -0.2) is 28.0 Å². The molecule has 0 unspecified atom stereocenters. The molecule has 0 amide bonds. The molecule has 1 aromatic heterocycles. The Morgan fingerprint density at radius 2 is 2.36 bits per heavy atom. The molecule has 0 atom stereocenters. The molecule has 0 fully saturated rings. The summed E-state index contributed by atoms with van der Waals surface area (Å²) < 4.78 is 1.76. The second-order valence-corrected chi connectivity index (χ2v) is 3.86. The Morgan fingerprint density at radius 1 is 1.57 bits per heavy atom. The lowest BCUT2D eigenvalue weighted by Crippen LogP contribution is -2.18. The minimum Gasteiger partial charge on any atom is -0.394 e. The van der Waals surface area contributed by atoms with Crippen molar-refractivity contribution in [2.75, 3.05) is 13.2 Å². The van der Waals surface area contributed by atoms with E-state index in [2.05, 4.69) is 24.3 Å². The third-order valence-corrected chi connectivity index (χ3v) is 1.90. The fourth-order valence-corrected chi connectivity index (χ4v) is 1.23. The van der Waals surface area contributed by atoms with E-state index < -0.39 is 0 Å². The predicted octanol–water partition coefficient (Wildman–Crippen LogP) is 0.621. The molecule has 0 saturated heterocycles. The van der Waals surface area contributed by atoms with Crippen molar-refractivity contribution in [3.8, 4) is 0 Å². The van der Waals surface area contributed by atoms with Gasteiger partial charge in [-0.25, -0.2) is 0 Å². The van der Waals surface area contributed by atoms with E-state index >= 15 is 0 Å². The fourth-order valence-electron chi connectivity index (χ4n) is 1.23. The van der Waals surface area contributed by atoms with E-state index in [1.54, 1.807) is 4.68 Å². The molecule has 0 bridgehead atoms. The average molecular weight is 197 g/mol. The highest BCUT2D eigenvalue weighted by Gasteiger charge is 1.98. The van der Waals surface area contributed by atoms with Crippen molar-refractivity contribution in [1.82, 2.24) is 15.1 Å². The molecule has 80 valence electrons. The molecule has 1 rings (SSSR count). The van der Waals surface area contributed by atoms with Gasteiger partial charge in [0.25, 0.3) is 0 Å². The molecule has 1 heterocycles. The van der Waals surface area contributed by atoms with Gasteiger partial charge < -0.3 is 10.4 Å². The van der Waals surface area contributed by atoms with E-state index in [9.17, 15) is 0 Å². The summed E-state index contributed by atoms with van der Waals surface area (Å²) in [6, 6.07) is 0. The molecule has 0 aliphatic heterocycles. The van der Waals surface area contributed by atoms with Gasteiger partial charge in [0.15, 0.2) is 0 Å². The topological polar surface area (TPSA) is 50.1 Å². The largest absolute Gasteiger partial charge is 0.394 e. The smallest absolute Gasteiger partial charge is 0.0640 e. The Kier molecular flexibility index (Phi) is 4.62. The van der Waals surface area contributed by atoms with Crippen molar-refractivity contribution >= 4 is 0 Å². The van der Waals surface area contributed by atoms with Crippen LogP contribution in [-0.2, 0) is 13.1 Å². The van der Waals surface area contributed by atoms with E-state index in [0.717, 1.165) is 13.1 Å². The number of aliphatic hydroxyl groups is 1. The molecule has 0 aromatic carbocycles. The predicted molar refractivity (Wildman–Crippen MR) is 55.9 cm³/mol. The first-order valence-corrected chi connectivity index (χ1v) is 5.05. The highest BCUT2D eigenvalue weighted by atomic mass is 16.3. The SMILES string of the molecule is CC(C)CNCc1cnn(CCO)c1. The summed E-state index contributed by atoms with van der Waals surface area (Å²) in [4.78, 5) is 0. The summed E-state index contributed by atoms with van der Waals surface area (Å²) in [5, 5.41) is 16.2. The molecule has 0 spiro atoms. The number of rotatable bonds is 6. The molecular weight excluding hydrogens is 178 g/mol. The molecule has 14 heavy (non-hydrogen) atoms. The minimum absolute atomic E-state index is 0.139. The van der Waals surface area contributed by atoms with Crippen LogP contribution in [0, 0.1) is 5.92 Å². The second-order valence-electron chi connectivity index (χ2n) is 3.86. The highest BCUT2D eigenvalue weighted by molar-refractivity contribution is 5.03. The maximum atomic E-state index is 8.70. The maximum Gasteiger partial charge on any atom is 0.0640 e. The van der Waals surface area contributed by atoms with E-state index in [4.69, 9.17) is 5.11 Å². The van der Waals surface area contributed by atoms with E-state index in [1.165, 1.54) is 5.56 Å². The van der Waals surface area contributed by atoms with Gasteiger partial charge in [0.2, 0.25) is 0 Å². The van der Waals surface area contributed by atoms with Crippen molar-refractivity contribution in [1.29, 1.82) is 0 Å². The fraction of sp³-hybridized carbons (Fsp3) is 0.700. The Balaban J connectivity index is 2.28. The number of hydrogen-bond donors (Lipinski definition) is 2. The van der Waals surface area contributed by atoms with Crippen molar-refractivity contribution < 1.29 is 5.11 Å². The van der Waals surface area contributed by atoms with Crippen molar-refractivity contribution in [2.45, 2.75) is 26.9 Å². The Bertz CT molecular complexity index is 258. The summed E-state index contributed by atoms with van der Waals surface area (Å²) in [7, 11) is 0. The van der Waals surface area contributed by atoms with Gasteiger partial charge in [-0.15, -0.1) is 0 Å². The monoisotopic (exact) mass is 197 g/mol. The first kappa shape index (κ1) is 11.2. The lowest BCUT2D eigenvalue weighted by molar-refractivity contribution is 0.269. The number of aromatic nitrogens is 2. The third-order valence-electron chi connectivity index (χ3n) is 1.90. The Hall–Kier alpha value is -0.870. The van der Waals surface area contributed by atoms with Crippen molar-refractivity contribution in [3.63, 3.8) is 0 Å². The summed E-state index contributed by atoms with van der Waals surface area (Å²) >= 11 is 0. The molecule has 0 aliphatic rings. The number of nitrogens with zero attached hydrogens (tertiary/aromatic N) is 2. The highest BCUT2D eigenvalue weighted by Crippen LogP contribution is 1.97. The molecule has 4 heteroatoms. The zero-order valence-corrected chi connectivity index (χ0v) is 8.90. The lowest BCUT2D eigenvalue weighted by atomic mass is 10.2. The first-order valence-electron chi connectivity index (χ1n) is 5.05. The molecule has 4 nitrogen and oxygen atoms in total. The van der Waals surface area contributed by atoms with Gasteiger partial charge in [0, 0.05) is 18.3 Å². The number of aliphatic hydroxyl groups excluding tert-OH is 1. The zero-order chi connectivity index (χ0) is 10.4. The third kappa shape index (κ3) is 3.89. The normalized spacial score (nSPS) is 11.1. The molecule has 0 saturated carbocycles. The molecule has 0 aliphatic carbocycles. The van der Waals surface area contributed by atoms with Crippen LogP contribution in [0.3, 0.4) is 0 Å². The standard InChI is InChI=1S/C10H19N3O/c1-9(2)5-11-6-10-7-12-13(8-10)3-4-14/h7-9,11,14H,3-6H2,1-2H3. The number of nitrogens with one attached hydrogen (secondary N) is 1. The van der Waals surface area contributed by atoms with Gasteiger partial charge in [-0.2, -0.15) is 5.10 Å². The molecule has 2 N–H and O–H groups in total. The quantitative estimate of drug-likeness (QED) is 0.703. The van der Waals surface area contributed by atoms with Crippen LogP contribution in [0.4, 0.5) is 0 Å². The van der Waals surface area contributed by atoms with Crippen LogP contribution in [0.15, 0.2) is 12.4 Å². The first-order chi connectivity index (χ1) is 6.72.